The molecule has 0 aliphatic carbocycles. The van der Waals surface area contributed by atoms with Gasteiger partial charge in [-0.2, -0.15) is 0 Å². The normalized spacial score (nSPS) is 23.9. The number of nitrogens with zero attached hydrogens (tertiary/aromatic N) is 2. The van der Waals surface area contributed by atoms with Crippen molar-refractivity contribution in [3.05, 3.63) is 47.0 Å². The van der Waals surface area contributed by atoms with Crippen LogP contribution in [-0.2, 0) is 12.0 Å². The third kappa shape index (κ3) is 2.86. The highest BCUT2D eigenvalue weighted by Gasteiger charge is 2.32. The highest BCUT2D eigenvalue weighted by Crippen LogP contribution is 2.34. The van der Waals surface area contributed by atoms with Gasteiger partial charge in [-0.1, -0.05) is 37.3 Å². The SMILES string of the molecule is CC1(c2ccccc2)CCCN(Cc2cnc(N)s2)C1. The molecular formula is C16H21N3S. The van der Waals surface area contributed by atoms with Gasteiger partial charge >= 0.3 is 0 Å². The molecule has 1 aliphatic rings. The maximum atomic E-state index is 5.72. The lowest BCUT2D eigenvalue weighted by Crippen LogP contribution is -2.43. The number of nitrogens with two attached hydrogens (primary N) is 1. The number of hydrogen-bond donors (Lipinski definition) is 1. The van der Waals surface area contributed by atoms with Crippen molar-refractivity contribution < 1.29 is 0 Å². The van der Waals surface area contributed by atoms with Crippen LogP contribution in [0.2, 0.25) is 0 Å². The molecule has 1 fully saturated rings. The maximum absolute atomic E-state index is 5.72. The van der Waals surface area contributed by atoms with E-state index < -0.39 is 0 Å². The van der Waals surface area contributed by atoms with E-state index in [9.17, 15) is 0 Å². The van der Waals surface area contributed by atoms with Gasteiger partial charge in [-0.05, 0) is 24.9 Å². The van der Waals surface area contributed by atoms with E-state index in [0.29, 0.717) is 5.13 Å². The average molecular weight is 287 g/mol. The highest BCUT2D eigenvalue weighted by molar-refractivity contribution is 7.15. The van der Waals surface area contributed by atoms with Gasteiger partial charge in [0, 0.05) is 29.6 Å². The second kappa shape index (κ2) is 5.54. The van der Waals surface area contributed by atoms with Gasteiger partial charge in [0.05, 0.1) is 0 Å². The molecule has 1 aliphatic heterocycles. The minimum absolute atomic E-state index is 0.260. The first kappa shape index (κ1) is 13.6. The lowest BCUT2D eigenvalue weighted by molar-refractivity contribution is 0.151. The minimum atomic E-state index is 0.260. The molecule has 1 saturated heterocycles. The molecule has 0 radical (unpaired) electrons. The molecule has 1 aromatic carbocycles. The Kier molecular flexibility index (Phi) is 3.76. The number of piperidine rings is 1. The van der Waals surface area contributed by atoms with E-state index >= 15 is 0 Å². The standard InChI is InChI=1S/C16H21N3S/c1-16(13-6-3-2-4-7-13)8-5-9-19(12-16)11-14-10-18-15(17)20-14/h2-4,6-7,10H,5,8-9,11-12H2,1H3,(H2,17,18). The van der Waals surface area contributed by atoms with E-state index in [0.717, 1.165) is 13.1 Å². The molecule has 2 heterocycles. The van der Waals surface area contributed by atoms with Crippen molar-refractivity contribution in [2.45, 2.75) is 31.7 Å². The Balaban J connectivity index is 1.73. The summed E-state index contributed by atoms with van der Waals surface area (Å²) >= 11 is 1.60. The Morgan fingerprint density at radius 2 is 2.15 bits per heavy atom. The molecule has 0 amide bonds. The van der Waals surface area contributed by atoms with Gasteiger partial charge in [-0.3, -0.25) is 4.90 Å². The summed E-state index contributed by atoms with van der Waals surface area (Å²) in [4.78, 5) is 7.94. The smallest absolute Gasteiger partial charge is 0.180 e. The van der Waals surface area contributed by atoms with Crippen molar-refractivity contribution in [3.8, 4) is 0 Å². The number of thiazole rings is 1. The Bertz CT molecular complexity index is 566. The predicted molar refractivity (Wildman–Crippen MR) is 84.8 cm³/mol. The van der Waals surface area contributed by atoms with Gasteiger partial charge in [0.2, 0.25) is 0 Å². The number of aromatic nitrogens is 1. The predicted octanol–water partition coefficient (Wildman–Crippen LogP) is 3.28. The molecule has 1 aromatic heterocycles. The molecule has 20 heavy (non-hydrogen) atoms. The summed E-state index contributed by atoms with van der Waals surface area (Å²) in [5.41, 5.74) is 7.43. The van der Waals surface area contributed by atoms with Gasteiger partial charge < -0.3 is 5.73 Å². The summed E-state index contributed by atoms with van der Waals surface area (Å²) in [6.45, 7) is 5.63. The number of hydrogen-bond acceptors (Lipinski definition) is 4. The highest BCUT2D eigenvalue weighted by atomic mass is 32.1. The molecule has 1 unspecified atom stereocenters. The molecule has 0 saturated carbocycles. The third-order valence-electron chi connectivity index (χ3n) is 4.20. The number of likely N-dealkylation sites (tertiary alicyclic amines) is 1. The van der Waals surface area contributed by atoms with Crippen LogP contribution < -0.4 is 5.73 Å². The van der Waals surface area contributed by atoms with Crippen molar-refractivity contribution in [1.82, 2.24) is 9.88 Å². The second-order valence-corrected chi connectivity index (χ2v) is 7.05. The fraction of sp³-hybridized carbons (Fsp3) is 0.438. The van der Waals surface area contributed by atoms with Crippen LogP contribution in [-0.4, -0.2) is 23.0 Å². The van der Waals surface area contributed by atoms with Gasteiger partial charge in [-0.15, -0.1) is 11.3 Å². The Hall–Kier alpha value is -1.39. The minimum Gasteiger partial charge on any atom is -0.375 e. The molecule has 3 rings (SSSR count). The van der Waals surface area contributed by atoms with Crippen LogP contribution in [0, 0.1) is 0 Å². The topological polar surface area (TPSA) is 42.2 Å². The Morgan fingerprint density at radius 3 is 2.85 bits per heavy atom. The van der Waals surface area contributed by atoms with Crippen molar-refractivity contribution in [2.24, 2.45) is 0 Å². The van der Waals surface area contributed by atoms with Crippen LogP contribution in [0.25, 0.3) is 0 Å². The Morgan fingerprint density at radius 1 is 1.35 bits per heavy atom. The largest absolute Gasteiger partial charge is 0.375 e. The second-order valence-electron chi connectivity index (χ2n) is 5.91. The number of nitrogen functional groups attached to an aromatic ring is 1. The number of benzene rings is 1. The average Bonchev–Trinajstić information content (AvgIpc) is 2.85. The zero-order chi connectivity index (χ0) is 14.0. The first-order valence-corrected chi connectivity index (χ1v) is 7.95. The summed E-state index contributed by atoms with van der Waals surface area (Å²) < 4.78 is 0. The van der Waals surface area contributed by atoms with E-state index in [2.05, 4.69) is 47.1 Å². The quantitative estimate of drug-likeness (QED) is 0.942. The van der Waals surface area contributed by atoms with Crippen LogP contribution in [0.1, 0.15) is 30.2 Å². The van der Waals surface area contributed by atoms with E-state index in [1.165, 1.54) is 29.8 Å². The van der Waals surface area contributed by atoms with E-state index in [4.69, 9.17) is 5.73 Å². The molecule has 0 bridgehead atoms. The zero-order valence-electron chi connectivity index (χ0n) is 11.9. The molecule has 2 N–H and O–H groups in total. The fourth-order valence-corrected chi connectivity index (χ4v) is 3.90. The van der Waals surface area contributed by atoms with Crippen LogP contribution in [0.5, 0.6) is 0 Å². The van der Waals surface area contributed by atoms with Gasteiger partial charge in [-0.25, -0.2) is 4.98 Å². The summed E-state index contributed by atoms with van der Waals surface area (Å²) in [5, 5.41) is 0.669. The summed E-state index contributed by atoms with van der Waals surface area (Å²) in [5.74, 6) is 0. The van der Waals surface area contributed by atoms with Crippen LogP contribution >= 0.6 is 11.3 Å². The van der Waals surface area contributed by atoms with Crippen LogP contribution in [0.3, 0.4) is 0 Å². The molecule has 106 valence electrons. The van der Waals surface area contributed by atoms with Gasteiger partial charge in [0.1, 0.15) is 0 Å². The van der Waals surface area contributed by atoms with Crippen molar-refractivity contribution in [3.63, 3.8) is 0 Å². The molecule has 3 nitrogen and oxygen atoms in total. The maximum Gasteiger partial charge on any atom is 0.180 e. The van der Waals surface area contributed by atoms with Gasteiger partial charge in [0.25, 0.3) is 0 Å². The zero-order valence-corrected chi connectivity index (χ0v) is 12.7. The lowest BCUT2D eigenvalue weighted by Gasteiger charge is -2.40. The fourth-order valence-electron chi connectivity index (χ4n) is 3.17. The summed E-state index contributed by atoms with van der Waals surface area (Å²) in [6, 6.07) is 10.9. The number of rotatable bonds is 3. The lowest BCUT2D eigenvalue weighted by atomic mass is 9.76. The number of anilines is 1. The van der Waals surface area contributed by atoms with E-state index in [1.54, 1.807) is 11.3 Å². The molecule has 4 heteroatoms. The van der Waals surface area contributed by atoms with E-state index in [-0.39, 0.29) is 5.41 Å². The van der Waals surface area contributed by atoms with Crippen molar-refractivity contribution in [2.75, 3.05) is 18.8 Å². The first-order chi connectivity index (χ1) is 9.66. The third-order valence-corrected chi connectivity index (χ3v) is 5.01. The van der Waals surface area contributed by atoms with Gasteiger partial charge in [0.15, 0.2) is 5.13 Å². The van der Waals surface area contributed by atoms with Crippen molar-refractivity contribution >= 4 is 16.5 Å². The van der Waals surface area contributed by atoms with Crippen molar-refractivity contribution in [1.29, 1.82) is 0 Å². The van der Waals surface area contributed by atoms with E-state index in [1.807, 2.05) is 6.20 Å². The molecule has 1 atom stereocenters. The molecular weight excluding hydrogens is 266 g/mol. The monoisotopic (exact) mass is 287 g/mol. The Labute approximate surface area is 124 Å². The summed E-state index contributed by atoms with van der Waals surface area (Å²) in [6.07, 6.45) is 4.42. The molecule has 2 aromatic rings. The first-order valence-electron chi connectivity index (χ1n) is 7.14. The molecule has 0 spiro atoms. The summed E-state index contributed by atoms with van der Waals surface area (Å²) in [7, 11) is 0. The van der Waals surface area contributed by atoms with Crippen LogP contribution in [0.15, 0.2) is 36.5 Å². The van der Waals surface area contributed by atoms with Crippen LogP contribution in [0.4, 0.5) is 5.13 Å².